The van der Waals surface area contributed by atoms with Gasteiger partial charge < -0.3 is 5.73 Å². The van der Waals surface area contributed by atoms with Crippen LogP contribution in [0.5, 0.6) is 0 Å². The summed E-state index contributed by atoms with van der Waals surface area (Å²) in [6.07, 6.45) is 0. The van der Waals surface area contributed by atoms with Crippen LogP contribution in [-0.4, -0.2) is 4.92 Å². The van der Waals surface area contributed by atoms with Gasteiger partial charge in [0.15, 0.2) is 0 Å². The maximum Gasteiger partial charge on any atom is 0.327 e. The van der Waals surface area contributed by atoms with Gasteiger partial charge in [0.25, 0.3) is 0 Å². The third-order valence-corrected chi connectivity index (χ3v) is 1.85. The van der Waals surface area contributed by atoms with Crippen LogP contribution in [0.15, 0.2) is 6.07 Å². The van der Waals surface area contributed by atoms with E-state index < -0.39 is 16.4 Å². The molecule has 5 heteroatoms. The van der Waals surface area contributed by atoms with Crippen LogP contribution in [0, 0.1) is 29.8 Å². The van der Waals surface area contributed by atoms with Crippen molar-refractivity contribution in [1.82, 2.24) is 0 Å². The molecular formula is C8H9FN2O2. The molecular weight excluding hydrogens is 175 g/mol. The molecule has 0 atom stereocenters. The topological polar surface area (TPSA) is 69.2 Å². The predicted molar refractivity (Wildman–Crippen MR) is 46.9 cm³/mol. The molecule has 13 heavy (non-hydrogen) atoms. The van der Waals surface area contributed by atoms with Gasteiger partial charge in [-0.3, -0.25) is 10.1 Å². The SMILES string of the molecule is Cc1cc(C)c(F)c([N+](=O)[O-])c1N. The highest BCUT2D eigenvalue weighted by atomic mass is 19.1. The second-order valence-electron chi connectivity index (χ2n) is 2.84. The maximum atomic E-state index is 13.2. The number of nitrogens with zero attached hydrogens (tertiary/aromatic N) is 1. The number of nitro groups is 1. The number of hydrogen-bond acceptors (Lipinski definition) is 3. The third kappa shape index (κ3) is 1.44. The fourth-order valence-electron chi connectivity index (χ4n) is 1.14. The molecule has 70 valence electrons. The standard InChI is InChI=1S/C8H9FN2O2/c1-4-3-5(2)7(10)8(6(4)9)11(12)13/h3H,10H2,1-2H3. The summed E-state index contributed by atoms with van der Waals surface area (Å²) in [5, 5.41) is 10.4. The zero-order chi connectivity index (χ0) is 10.2. The van der Waals surface area contributed by atoms with E-state index in [-0.39, 0.29) is 11.3 Å². The summed E-state index contributed by atoms with van der Waals surface area (Å²) >= 11 is 0. The van der Waals surface area contributed by atoms with Gasteiger partial charge in [-0.05, 0) is 25.0 Å². The second kappa shape index (κ2) is 3.01. The van der Waals surface area contributed by atoms with Gasteiger partial charge in [-0.2, -0.15) is 4.39 Å². The minimum absolute atomic E-state index is 0.104. The highest BCUT2D eigenvalue weighted by molar-refractivity contribution is 5.64. The van der Waals surface area contributed by atoms with Gasteiger partial charge in [0.2, 0.25) is 5.82 Å². The Bertz CT molecular complexity index is 351. The Kier molecular flexibility index (Phi) is 2.18. The minimum Gasteiger partial charge on any atom is -0.393 e. The van der Waals surface area contributed by atoms with Gasteiger partial charge in [-0.25, -0.2) is 0 Å². The molecule has 4 nitrogen and oxygen atoms in total. The first-order valence-corrected chi connectivity index (χ1v) is 3.64. The van der Waals surface area contributed by atoms with Crippen LogP contribution in [0.3, 0.4) is 0 Å². The normalized spacial score (nSPS) is 10.1. The van der Waals surface area contributed by atoms with Crippen LogP contribution in [0.4, 0.5) is 15.8 Å². The van der Waals surface area contributed by atoms with Crippen molar-refractivity contribution in [2.24, 2.45) is 0 Å². The fourth-order valence-corrected chi connectivity index (χ4v) is 1.14. The number of rotatable bonds is 1. The fraction of sp³-hybridized carbons (Fsp3) is 0.250. The molecule has 1 aromatic carbocycles. The number of halogens is 1. The van der Waals surface area contributed by atoms with Crippen LogP contribution in [0.2, 0.25) is 0 Å². The molecule has 0 unspecified atom stereocenters. The summed E-state index contributed by atoms with van der Waals surface area (Å²) in [5.74, 6) is -0.854. The van der Waals surface area contributed by atoms with Crippen molar-refractivity contribution in [1.29, 1.82) is 0 Å². The summed E-state index contributed by atoms with van der Waals surface area (Å²) in [6.45, 7) is 3.07. The lowest BCUT2D eigenvalue weighted by Gasteiger charge is -2.04. The van der Waals surface area contributed by atoms with Gasteiger partial charge in [0, 0.05) is 0 Å². The van der Waals surface area contributed by atoms with Crippen LogP contribution >= 0.6 is 0 Å². The summed E-state index contributed by atoms with van der Waals surface area (Å²) in [4.78, 5) is 9.63. The molecule has 0 spiro atoms. The zero-order valence-corrected chi connectivity index (χ0v) is 7.30. The Balaban J connectivity index is 3.56. The predicted octanol–water partition coefficient (Wildman–Crippen LogP) is 1.93. The summed E-state index contributed by atoms with van der Waals surface area (Å²) in [5.41, 5.74) is 5.39. The minimum atomic E-state index is -0.854. The summed E-state index contributed by atoms with van der Waals surface area (Å²) in [7, 11) is 0. The molecule has 1 aromatic rings. The van der Waals surface area contributed by atoms with Crippen molar-refractivity contribution < 1.29 is 9.31 Å². The van der Waals surface area contributed by atoms with Crippen molar-refractivity contribution in [3.8, 4) is 0 Å². The van der Waals surface area contributed by atoms with Gasteiger partial charge >= 0.3 is 5.69 Å². The molecule has 2 N–H and O–H groups in total. The second-order valence-corrected chi connectivity index (χ2v) is 2.84. The first-order valence-electron chi connectivity index (χ1n) is 3.64. The van der Waals surface area contributed by atoms with Crippen molar-refractivity contribution in [3.63, 3.8) is 0 Å². The first-order chi connectivity index (χ1) is 5.95. The molecule has 0 aliphatic heterocycles. The number of aryl methyl sites for hydroxylation is 2. The third-order valence-electron chi connectivity index (χ3n) is 1.85. The summed E-state index contributed by atoms with van der Waals surface area (Å²) in [6, 6.07) is 1.48. The quantitative estimate of drug-likeness (QED) is 0.412. The largest absolute Gasteiger partial charge is 0.393 e. The molecule has 0 amide bonds. The van der Waals surface area contributed by atoms with E-state index in [0.29, 0.717) is 5.56 Å². The molecule has 0 aliphatic rings. The number of hydrogen-bond donors (Lipinski definition) is 1. The van der Waals surface area contributed by atoms with E-state index >= 15 is 0 Å². The number of nitro benzene ring substituents is 1. The van der Waals surface area contributed by atoms with Gasteiger partial charge in [-0.15, -0.1) is 0 Å². The molecule has 0 aliphatic carbocycles. The Morgan fingerprint density at radius 3 is 2.46 bits per heavy atom. The molecule has 0 heterocycles. The van der Waals surface area contributed by atoms with Crippen LogP contribution in [0.25, 0.3) is 0 Å². The van der Waals surface area contributed by atoms with Crippen LogP contribution in [0.1, 0.15) is 11.1 Å². The number of nitrogens with two attached hydrogens (primary N) is 1. The van der Waals surface area contributed by atoms with Crippen LogP contribution in [-0.2, 0) is 0 Å². The van der Waals surface area contributed by atoms with Gasteiger partial charge in [0.1, 0.15) is 5.69 Å². The average Bonchev–Trinajstić information content (AvgIpc) is 2.01. The number of nitrogen functional groups attached to an aromatic ring is 1. The summed E-state index contributed by atoms with van der Waals surface area (Å²) < 4.78 is 13.2. The highest BCUT2D eigenvalue weighted by Gasteiger charge is 2.22. The molecule has 0 saturated carbocycles. The van der Waals surface area contributed by atoms with E-state index in [1.807, 2.05) is 0 Å². The monoisotopic (exact) mass is 184 g/mol. The van der Waals surface area contributed by atoms with Crippen molar-refractivity contribution in [2.45, 2.75) is 13.8 Å². The first kappa shape index (κ1) is 9.44. The Morgan fingerprint density at radius 1 is 1.46 bits per heavy atom. The Morgan fingerprint density at radius 2 is 2.00 bits per heavy atom. The Labute approximate surface area is 74.3 Å². The van der Waals surface area contributed by atoms with E-state index in [9.17, 15) is 14.5 Å². The molecule has 0 bridgehead atoms. The molecule has 0 radical (unpaired) electrons. The van der Waals surface area contributed by atoms with Crippen molar-refractivity contribution >= 4 is 11.4 Å². The molecule has 0 aromatic heterocycles. The average molecular weight is 184 g/mol. The van der Waals surface area contributed by atoms with Gasteiger partial charge in [0.05, 0.1) is 4.92 Å². The molecule has 1 rings (SSSR count). The van der Waals surface area contributed by atoms with E-state index in [1.54, 1.807) is 6.92 Å². The number of anilines is 1. The highest BCUT2D eigenvalue weighted by Crippen LogP contribution is 2.30. The lowest BCUT2D eigenvalue weighted by molar-refractivity contribution is -0.386. The lowest BCUT2D eigenvalue weighted by atomic mass is 10.1. The van der Waals surface area contributed by atoms with E-state index in [0.717, 1.165) is 0 Å². The molecule has 0 fully saturated rings. The van der Waals surface area contributed by atoms with Gasteiger partial charge in [-0.1, -0.05) is 6.07 Å². The van der Waals surface area contributed by atoms with Crippen molar-refractivity contribution in [3.05, 3.63) is 33.1 Å². The molecule has 0 saturated heterocycles. The van der Waals surface area contributed by atoms with E-state index in [1.165, 1.54) is 13.0 Å². The zero-order valence-electron chi connectivity index (χ0n) is 7.30. The van der Waals surface area contributed by atoms with Crippen LogP contribution < -0.4 is 5.73 Å². The number of benzene rings is 1. The Hall–Kier alpha value is -1.65. The van der Waals surface area contributed by atoms with E-state index in [4.69, 9.17) is 5.73 Å². The van der Waals surface area contributed by atoms with Crippen molar-refractivity contribution in [2.75, 3.05) is 5.73 Å². The maximum absolute atomic E-state index is 13.2. The smallest absolute Gasteiger partial charge is 0.327 e. The lowest BCUT2D eigenvalue weighted by Crippen LogP contribution is -2.02. The van der Waals surface area contributed by atoms with E-state index in [2.05, 4.69) is 0 Å².